The zero-order valence-corrected chi connectivity index (χ0v) is 15.4. The van der Waals surface area contributed by atoms with E-state index in [2.05, 4.69) is 25.7 Å². The largest absolute Gasteiger partial charge is 0.448 e. The highest BCUT2D eigenvalue weighted by atomic mass is 16.6. The lowest BCUT2D eigenvalue weighted by atomic mass is 10.2. The first-order valence-electron chi connectivity index (χ1n) is 9.34. The third-order valence-corrected chi connectivity index (χ3v) is 4.73. The average Bonchev–Trinajstić information content (AvgIpc) is 3.36. The molecule has 0 spiro atoms. The van der Waals surface area contributed by atoms with Gasteiger partial charge in [-0.25, -0.2) is 4.79 Å². The lowest BCUT2D eigenvalue weighted by Gasteiger charge is -2.17. The lowest BCUT2D eigenvalue weighted by Crippen LogP contribution is -2.33. The summed E-state index contributed by atoms with van der Waals surface area (Å²) < 4.78 is 4.81. The molecule has 4 rings (SSSR count). The summed E-state index contributed by atoms with van der Waals surface area (Å²) >= 11 is 0. The normalized spacial score (nSPS) is 16.2. The SMILES string of the molecule is O=C(CN1CCOC1=O)Nc1ccc(Nc2cc(N3CCCC3)cnn2)cc1. The molecule has 146 valence electrons. The minimum Gasteiger partial charge on any atom is -0.448 e. The average molecular weight is 382 g/mol. The topological polar surface area (TPSA) is 99.7 Å². The van der Waals surface area contributed by atoms with E-state index < -0.39 is 6.09 Å². The number of carbonyl (C=O) groups excluding carboxylic acids is 2. The van der Waals surface area contributed by atoms with Crippen LogP contribution in [-0.4, -0.2) is 59.9 Å². The van der Waals surface area contributed by atoms with Crippen molar-refractivity contribution in [3.8, 4) is 0 Å². The van der Waals surface area contributed by atoms with E-state index in [0.29, 0.717) is 24.7 Å². The second-order valence-corrected chi connectivity index (χ2v) is 6.78. The van der Waals surface area contributed by atoms with Crippen molar-refractivity contribution in [3.05, 3.63) is 36.5 Å². The van der Waals surface area contributed by atoms with E-state index in [1.165, 1.54) is 17.7 Å². The van der Waals surface area contributed by atoms with Gasteiger partial charge < -0.3 is 20.3 Å². The zero-order valence-electron chi connectivity index (χ0n) is 15.4. The Kier molecular flexibility index (Phi) is 5.22. The van der Waals surface area contributed by atoms with Crippen molar-refractivity contribution in [1.29, 1.82) is 0 Å². The summed E-state index contributed by atoms with van der Waals surface area (Å²) in [6.07, 6.45) is 3.74. The smallest absolute Gasteiger partial charge is 0.410 e. The molecule has 0 aliphatic carbocycles. The molecule has 0 atom stereocenters. The molecule has 0 bridgehead atoms. The molecule has 2 saturated heterocycles. The summed E-state index contributed by atoms with van der Waals surface area (Å²) in [5, 5.41) is 14.2. The van der Waals surface area contributed by atoms with E-state index in [1.807, 2.05) is 18.2 Å². The van der Waals surface area contributed by atoms with Gasteiger partial charge in [-0.1, -0.05) is 0 Å². The summed E-state index contributed by atoms with van der Waals surface area (Å²) in [5.74, 6) is 0.414. The number of carbonyl (C=O) groups is 2. The van der Waals surface area contributed by atoms with Gasteiger partial charge in [0, 0.05) is 30.5 Å². The van der Waals surface area contributed by atoms with Crippen molar-refractivity contribution in [2.45, 2.75) is 12.8 Å². The third kappa shape index (κ3) is 4.30. The van der Waals surface area contributed by atoms with E-state index in [0.717, 1.165) is 24.5 Å². The molecule has 2 fully saturated rings. The maximum atomic E-state index is 12.1. The summed E-state index contributed by atoms with van der Waals surface area (Å²) in [6.45, 7) is 2.85. The van der Waals surface area contributed by atoms with Gasteiger partial charge in [-0.05, 0) is 37.1 Å². The van der Waals surface area contributed by atoms with Gasteiger partial charge in [-0.3, -0.25) is 9.69 Å². The van der Waals surface area contributed by atoms with Crippen molar-refractivity contribution in [3.63, 3.8) is 0 Å². The fourth-order valence-electron chi connectivity index (χ4n) is 3.29. The summed E-state index contributed by atoms with van der Waals surface area (Å²) in [4.78, 5) is 27.1. The molecule has 1 aromatic heterocycles. The van der Waals surface area contributed by atoms with E-state index in [9.17, 15) is 9.59 Å². The van der Waals surface area contributed by atoms with Crippen molar-refractivity contribution >= 4 is 34.9 Å². The summed E-state index contributed by atoms with van der Waals surface area (Å²) in [7, 11) is 0. The Balaban J connectivity index is 1.33. The molecular formula is C19H22N6O3. The zero-order chi connectivity index (χ0) is 19.3. The van der Waals surface area contributed by atoms with Gasteiger partial charge in [0.2, 0.25) is 5.91 Å². The van der Waals surface area contributed by atoms with E-state index in [-0.39, 0.29) is 12.5 Å². The summed E-state index contributed by atoms with van der Waals surface area (Å²) in [5.41, 5.74) is 2.56. The van der Waals surface area contributed by atoms with Crippen LogP contribution in [0.5, 0.6) is 0 Å². The molecule has 0 radical (unpaired) electrons. The van der Waals surface area contributed by atoms with Crippen LogP contribution in [0.2, 0.25) is 0 Å². The van der Waals surface area contributed by atoms with Gasteiger partial charge >= 0.3 is 6.09 Å². The molecule has 2 aromatic rings. The second kappa shape index (κ2) is 8.12. The van der Waals surface area contributed by atoms with Crippen LogP contribution in [0.25, 0.3) is 0 Å². The van der Waals surface area contributed by atoms with Crippen LogP contribution >= 0.6 is 0 Å². The first-order valence-corrected chi connectivity index (χ1v) is 9.34. The van der Waals surface area contributed by atoms with Gasteiger partial charge in [0.15, 0.2) is 5.82 Å². The van der Waals surface area contributed by atoms with Crippen LogP contribution in [0.1, 0.15) is 12.8 Å². The van der Waals surface area contributed by atoms with E-state index in [1.54, 1.807) is 18.3 Å². The number of hydrogen-bond acceptors (Lipinski definition) is 7. The predicted octanol–water partition coefficient (Wildman–Crippen LogP) is 2.21. The van der Waals surface area contributed by atoms with Crippen LogP contribution in [-0.2, 0) is 9.53 Å². The Morgan fingerprint density at radius 1 is 1.11 bits per heavy atom. The minimum absolute atomic E-state index is 0.0162. The Morgan fingerprint density at radius 3 is 2.57 bits per heavy atom. The number of ether oxygens (including phenoxy) is 1. The first-order chi connectivity index (χ1) is 13.7. The Morgan fingerprint density at radius 2 is 1.86 bits per heavy atom. The maximum absolute atomic E-state index is 12.1. The molecule has 9 nitrogen and oxygen atoms in total. The van der Waals surface area contributed by atoms with Crippen molar-refractivity contribution in [2.75, 3.05) is 48.3 Å². The van der Waals surface area contributed by atoms with Crippen LogP contribution in [0, 0.1) is 0 Å². The fourth-order valence-corrected chi connectivity index (χ4v) is 3.29. The monoisotopic (exact) mass is 382 g/mol. The molecule has 0 saturated carbocycles. The predicted molar refractivity (Wildman–Crippen MR) is 105 cm³/mol. The molecule has 9 heteroatoms. The number of benzene rings is 1. The van der Waals surface area contributed by atoms with E-state index >= 15 is 0 Å². The third-order valence-electron chi connectivity index (χ3n) is 4.73. The molecule has 1 aromatic carbocycles. The first kappa shape index (κ1) is 18.0. The van der Waals surface area contributed by atoms with E-state index in [4.69, 9.17) is 4.74 Å². The van der Waals surface area contributed by atoms with Crippen LogP contribution in [0.3, 0.4) is 0 Å². The minimum atomic E-state index is -0.452. The lowest BCUT2D eigenvalue weighted by molar-refractivity contribution is -0.116. The molecule has 3 heterocycles. The molecule has 28 heavy (non-hydrogen) atoms. The maximum Gasteiger partial charge on any atom is 0.410 e. The van der Waals surface area contributed by atoms with Gasteiger partial charge in [0.05, 0.1) is 18.4 Å². The highest BCUT2D eigenvalue weighted by Crippen LogP contribution is 2.23. The van der Waals surface area contributed by atoms with Crippen molar-refractivity contribution in [2.24, 2.45) is 0 Å². The highest BCUT2D eigenvalue weighted by Gasteiger charge is 2.24. The van der Waals surface area contributed by atoms with Crippen LogP contribution in [0.15, 0.2) is 36.5 Å². The van der Waals surface area contributed by atoms with Gasteiger partial charge in [-0.2, -0.15) is 5.10 Å². The Hall–Kier alpha value is -3.36. The number of hydrogen-bond donors (Lipinski definition) is 2. The molecule has 2 amide bonds. The molecular weight excluding hydrogens is 360 g/mol. The number of rotatable bonds is 6. The van der Waals surface area contributed by atoms with Crippen molar-refractivity contribution in [1.82, 2.24) is 15.1 Å². The van der Waals surface area contributed by atoms with Gasteiger partial charge in [0.1, 0.15) is 13.2 Å². The molecule has 2 N–H and O–H groups in total. The van der Waals surface area contributed by atoms with Crippen LogP contribution < -0.4 is 15.5 Å². The molecule has 2 aliphatic rings. The van der Waals surface area contributed by atoms with Gasteiger partial charge in [0.25, 0.3) is 0 Å². The number of anilines is 4. The number of aromatic nitrogens is 2. The number of cyclic esters (lactones) is 1. The number of amides is 2. The molecule has 0 unspecified atom stereocenters. The van der Waals surface area contributed by atoms with Crippen molar-refractivity contribution < 1.29 is 14.3 Å². The number of nitrogens with one attached hydrogen (secondary N) is 2. The number of nitrogens with zero attached hydrogens (tertiary/aromatic N) is 4. The molecule has 2 aliphatic heterocycles. The van der Waals surface area contributed by atoms with Crippen LogP contribution in [0.4, 0.5) is 27.7 Å². The highest BCUT2D eigenvalue weighted by molar-refractivity contribution is 5.94. The second-order valence-electron chi connectivity index (χ2n) is 6.78. The summed E-state index contributed by atoms with van der Waals surface area (Å²) in [6, 6.07) is 9.28. The van der Waals surface area contributed by atoms with Gasteiger partial charge in [-0.15, -0.1) is 5.10 Å². The Bertz CT molecular complexity index is 851. The standard InChI is InChI=1S/C19H22N6O3/c26-18(13-25-9-10-28-19(25)27)22-15-5-3-14(4-6-15)21-17-11-16(12-20-23-17)24-7-1-2-8-24/h3-6,11-12H,1-2,7-10,13H2,(H,21,23)(H,22,26). The fraction of sp³-hybridized carbons (Fsp3) is 0.368. The Labute approximate surface area is 162 Å². The quantitative estimate of drug-likeness (QED) is 0.790.